The van der Waals surface area contributed by atoms with Gasteiger partial charge < -0.3 is 4.74 Å². The largest absolute Gasteiger partial charge is 0.493 e. The minimum absolute atomic E-state index is 0.113. The Labute approximate surface area is 136 Å². The highest BCUT2D eigenvalue weighted by molar-refractivity contribution is 7.92. The molecule has 0 bridgehead atoms. The summed E-state index contributed by atoms with van der Waals surface area (Å²) >= 11 is 0. The summed E-state index contributed by atoms with van der Waals surface area (Å²) in [6.07, 6.45) is 4.44. The van der Waals surface area contributed by atoms with Crippen LogP contribution >= 0.6 is 0 Å². The van der Waals surface area contributed by atoms with E-state index in [1.54, 1.807) is 0 Å². The number of sulfonamides is 1. The van der Waals surface area contributed by atoms with Crippen molar-refractivity contribution in [3.05, 3.63) is 42.6 Å². The Morgan fingerprint density at radius 1 is 1.17 bits per heavy atom. The predicted octanol–water partition coefficient (Wildman–Crippen LogP) is 2.19. The highest BCUT2D eigenvalue weighted by Gasteiger charge is 2.29. The van der Waals surface area contributed by atoms with Gasteiger partial charge in [-0.3, -0.25) is 0 Å². The molecule has 0 radical (unpaired) electrons. The zero-order valence-electron chi connectivity index (χ0n) is 12.7. The molecular formula is C17H19N2O3S+. The van der Waals surface area contributed by atoms with Gasteiger partial charge in [0.05, 0.1) is 18.4 Å². The molecule has 0 unspecified atom stereocenters. The number of aromatic nitrogens is 1. The Morgan fingerprint density at radius 3 is 2.70 bits per heavy atom. The third-order valence-electron chi connectivity index (χ3n) is 4.27. The van der Waals surface area contributed by atoms with Crippen LogP contribution in [-0.4, -0.2) is 20.8 Å². The summed E-state index contributed by atoms with van der Waals surface area (Å²) < 4.78 is 34.1. The zero-order valence-corrected chi connectivity index (χ0v) is 13.6. The normalized spacial score (nSPS) is 18.8. The maximum absolute atomic E-state index is 11.9. The third-order valence-corrected chi connectivity index (χ3v) is 5.50. The van der Waals surface area contributed by atoms with Crippen molar-refractivity contribution >= 4 is 15.8 Å². The molecule has 5 nitrogen and oxygen atoms in total. The van der Waals surface area contributed by atoms with E-state index in [4.69, 9.17) is 4.74 Å². The van der Waals surface area contributed by atoms with Crippen LogP contribution in [0, 0.1) is 5.92 Å². The van der Waals surface area contributed by atoms with Crippen molar-refractivity contribution in [2.24, 2.45) is 5.92 Å². The van der Waals surface area contributed by atoms with Gasteiger partial charge in [-0.1, -0.05) is 12.1 Å². The van der Waals surface area contributed by atoms with Crippen LogP contribution in [0.25, 0.3) is 11.1 Å². The number of hydrogen-bond donors (Lipinski definition) is 1. The number of pyridine rings is 1. The lowest BCUT2D eigenvalue weighted by atomic mass is 10.1. The molecule has 1 aromatic carbocycles. The molecule has 0 spiro atoms. The summed E-state index contributed by atoms with van der Waals surface area (Å²) in [6.45, 7) is 1.26. The topological polar surface area (TPSA) is 59.3 Å². The van der Waals surface area contributed by atoms with E-state index in [0.29, 0.717) is 12.4 Å². The van der Waals surface area contributed by atoms with E-state index in [1.165, 1.54) is 12.8 Å². The monoisotopic (exact) mass is 331 g/mol. The average Bonchev–Trinajstić information content (AvgIpc) is 3.36. The fourth-order valence-corrected chi connectivity index (χ4v) is 3.79. The molecule has 0 atom stereocenters. The number of fused-ring (bicyclic) bond motifs is 1. The average molecular weight is 331 g/mol. The molecule has 1 aliphatic heterocycles. The predicted molar refractivity (Wildman–Crippen MR) is 87.7 cm³/mol. The summed E-state index contributed by atoms with van der Waals surface area (Å²) in [4.78, 5) is 0. The molecular weight excluding hydrogens is 312 g/mol. The highest BCUT2D eigenvalue weighted by atomic mass is 32.2. The molecule has 2 aliphatic rings. The van der Waals surface area contributed by atoms with Crippen molar-refractivity contribution in [1.82, 2.24) is 0 Å². The molecule has 1 saturated carbocycles. The van der Waals surface area contributed by atoms with E-state index in [1.807, 2.05) is 47.2 Å². The van der Waals surface area contributed by atoms with Gasteiger partial charge in [0.25, 0.3) is 5.82 Å². The molecule has 6 heteroatoms. The van der Waals surface area contributed by atoms with Gasteiger partial charge >= 0.3 is 10.0 Å². The van der Waals surface area contributed by atoms with Crippen LogP contribution in [0.5, 0.6) is 5.75 Å². The van der Waals surface area contributed by atoms with Crippen molar-refractivity contribution in [3.8, 4) is 16.9 Å². The van der Waals surface area contributed by atoms with Crippen molar-refractivity contribution in [1.29, 1.82) is 0 Å². The van der Waals surface area contributed by atoms with Gasteiger partial charge in [-0.25, -0.2) is 4.57 Å². The summed E-state index contributed by atoms with van der Waals surface area (Å²) in [6, 6.07) is 11.7. The fraction of sp³-hybridized carbons (Fsp3) is 0.353. The molecule has 1 N–H and O–H groups in total. The number of hydrogen-bond acceptors (Lipinski definition) is 3. The first kappa shape index (κ1) is 14.5. The summed E-state index contributed by atoms with van der Waals surface area (Å²) in [7, 11) is -3.24. The second-order valence-corrected chi connectivity index (χ2v) is 8.01. The van der Waals surface area contributed by atoms with E-state index in [2.05, 4.69) is 4.72 Å². The van der Waals surface area contributed by atoms with Gasteiger partial charge in [0, 0.05) is 0 Å². The molecule has 2 heterocycles. The Hall–Kier alpha value is -2.08. The molecule has 23 heavy (non-hydrogen) atoms. The quantitative estimate of drug-likeness (QED) is 0.874. The maximum atomic E-state index is 11.9. The lowest BCUT2D eigenvalue weighted by molar-refractivity contribution is -0.679. The number of benzene rings is 1. The molecule has 4 rings (SSSR count). The van der Waals surface area contributed by atoms with E-state index in [-0.39, 0.29) is 5.75 Å². The van der Waals surface area contributed by atoms with E-state index >= 15 is 0 Å². The van der Waals surface area contributed by atoms with Crippen LogP contribution in [0.15, 0.2) is 42.6 Å². The number of aryl methyl sites for hydroxylation is 1. The van der Waals surface area contributed by atoms with Crippen LogP contribution in [0.3, 0.4) is 0 Å². The molecule has 1 aliphatic carbocycles. The van der Waals surface area contributed by atoms with Gasteiger partial charge in [0.15, 0.2) is 0 Å². The van der Waals surface area contributed by atoms with Gasteiger partial charge in [0.2, 0.25) is 0 Å². The van der Waals surface area contributed by atoms with E-state index in [9.17, 15) is 8.42 Å². The first-order valence-electron chi connectivity index (χ1n) is 7.87. The highest BCUT2D eigenvalue weighted by Crippen LogP contribution is 2.31. The molecule has 120 valence electrons. The molecule has 1 aromatic heterocycles. The van der Waals surface area contributed by atoms with E-state index < -0.39 is 10.0 Å². The Kier molecular flexibility index (Phi) is 3.49. The van der Waals surface area contributed by atoms with Gasteiger partial charge in [0.1, 0.15) is 18.0 Å². The standard InChI is InChI=1S/C17H18N2O3S/c20-23(21)11-10-19-9-1-2-16(17(19)18-23)14-5-7-15(8-6-14)22-12-13-3-4-13/h1-2,5-9,13H,3-4,10-12H2/p+1. The number of nitrogens with zero attached hydrogens (tertiary/aromatic N) is 1. The maximum Gasteiger partial charge on any atom is 0.302 e. The molecule has 0 saturated heterocycles. The van der Waals surface area contributed by atoms with Crippen LogP contribution < -0.4 is 14.0 Å². The van der Waals surface area contributed by atoms with Crippen molar-refractivity contribution in [2.75, 3.05) is 17.1 Å². The van der Waals surface area contributed by atoms with Crippen LogP contribution in [0.4, 0.5) is 5.82 Å². The van der Waals surface area contributed by atoms with Crippen LogP contribution in [-0.2, 0) is 16.6 Å². The Morgan fingerprint density at radius 2 is 1.96 bits per heavy atom. The molecule has 2 aromatic rings. The van der Waals surface area contributed by atoms with Crippen molar-refractivity contribution in [3.63, 3.8) is 0 Å². The smallest absolute Gasteiger partial charge is 0.302 e. The summed E-state index contributed by atoms with van der Waals surface area (Å²) in [5.41, 5.74) is 1.85. The lowest BCUT2D eigenvalue weighted by Crippen LogP contribution is -2.47. The summed E-state index contributed by atoms with van der Waals surface area (Å²) in [5.74, 6) is 2.33. The Balaban J connectivity index is 1.62. The van der Waals surface area contributed by atoms with Gasteiger partial charge in [-0.05, 0) is 48.6 Å². The minimum Gasteiger partial charge on any atom is -0.493 e. The van der Waals surface area contributed by atoms with Crippen molar-refractivity contribution in [2.45, 2.75) is 19.4 Å². The molecule has 1 fully saturated rings. The van der Waals surface area contributed by atoms with Gasteiger partial charge in [-0.15, -0.1) is 0 Å². The molecule has 0 amide bonds. The summed E-state index contributed by atoms with van der Waals surface area (Å²) in [5, 5.41) is 0. The SMILES string of the molecule is O=S1(=O)CC[n+]2cccc(-c3ccc(OCC4CC4)cc3)c2N1. The minimum atomic E-state index is -3.24. The lowest BCUT2D eigenvalue weighted by Gasteiger charge is -2.15. The first-order chi connectivity index (χ1) is 11.1. The third kappa shape index (κ3) is 3.17. The number of ether oxygens (including phenoxy) is 1. The zero-order chi connectivity index (χ0) is 15.9. The second kappa shape index (κ2) is 5.53. The van der Waals surface area contributed by atoms with Crippen LogP contribution in [0.1, 0.15) is 12.8 Å². The fourth-order valence-electron chi connectivity index (χ4n) is 2.73. The van der Waals surface area contributed by atoms with Gasteiger partial charge in [-0.2, -0.15) is 13.1 Å². The van der Waals surface area contributed by atoms with Crippen LogP contribution in [0.2, 0.25) is 0 Å². The van der Waals surface area contributed by atoms with Crippen molar-refractivity contribution < 1.29 is 17.7 Å². The second-order valence-electron chi connectivity index (χ2n) is 6.16. The number of nitrogens with one attached hydrogen (secondary N) is 1. The van der Waals surface area contributed by atoms with E-state index in [0.717, 1.165) is 29.4 Å². The first-order valence-corrected chi connectivity index (χ1v) is 9.52. The Bertz CT molecular complexity index is 827. The number of rotatable bonds is 4. The number of anilines is 1.